The first-order chi connectivity index (χ1) is 6.19. The van der Waals surface area contributed by atoms with E-state index in [9.17, 15) is 9.50 Å². The minimum absolute atomic E-state index is 0.0841. The van der Waals surface area contributed by atoms with Crippen LogP contribution in [0.1, 0.15) is 6.92 Å². The van der Waals surface area contributed by atoms with Crippen molar-refractivity contribution in [3.8, 4) is 11.5 Å². The number of anilines is 1. The summed E-state index contributed by atoms with van der Waals surface area (Å²) in [5.74, 6) is 4.00. The monoisotopic (exact) mass is 186 g/mol. The zero-order chi connectivity index (χ0) is 9.84. The topological polar surface area (TPSA) is 67.5 Å². The van der Waals surface area contributed by atoms with Gasteiger partial charge in [0.05, 0.1) is 5.69 Å². The number of hydrogen-bond acceptors (Lipinski definition) is 4. The predicted octanol–water partition coefficient (Wildman–Crippen LogP) is 1.22. The highest BCUT2D eigenvalue weighted by Gasteiger charge is 2.08. The molecular formula is C8H11FN2O2. The molecule has 0 heterocycles. The average molecular weight is 186 g/mol. The van der Waals surface area contributed by atoms with Crippen molar-refractivity contribution in [2.45, 2.75) is 6.92 Å². The molecule has 5 heteroatoms. The number of nitrogens with one attached hydrogen (secondary N) is 1. The van der Waals surface area contributed by atoms with E-state index in [1.807, 2.05) is 6.92 Å². The fourth-order valence-electron chi connectivity index (χ4n) is 0.964. The Morgan fingerprint density at radius 1 is 1.62 bits per heavy atom. The summed E-state index contributed by atoms with van der Waals surface area (Å²) in [6.45, 7) is 2.39. The highest BCUT2D eigenvalue weighted by atomic mass is 19.1. The van der Waals surface area contributed by atoms with E-state index in [0.29, 0.717) is 6.54 Å². The summed E-state index contributed by atoms with van der Waals surface area (Å²) in [6, 6.07) is 2.24. The Morgan fingerprint density at radius 2 is 2.31 bits per heavy atom. The normalized spacial score (nSPS) is 9.77. The summed E-state index contributed by atoms with van der Waals surface area (Å²) in [4.78, 5) is 4.24. The molecule has 72 valence electrons. The molecular weight excluding hydrogens is 175 g/mol. The zero-order valence-corrected chi connectivity index (χ0v) is 7.17. The molecule has 0 saturated heterocycles. The zero-order valence-electron chi connectivity index (χ0n) is 7.17. The van der Waals surface area contributed by atoms with Gasteiger partial charge < -0.3 is 15.3 Å². The van der Waals surface area contributed by atoms with Gasteiger partial charge >= 0.3 is 0 Å². The molecule has 0 bridgehead atoms. The molecule has 0 aliphatic heterocycles. The fraction of sp³-hybridized carbons (Fsp3) is 0.250. The third-order valence-electron chi connectivity index (χ3n) is 1.54. The van der Waals surface area contributed by atoms with Gasteiger partial charge in [-0.15, -0.1) is 0 Å². The first-order valence-electron chi connectivity index (χ1n) is 3.82. The summed E-state index contributed by atoms with van der Waals surface area (Å²) < 4.78 is 13.1. The van der Waals surface area contributed by atoms with E-state index in [4.69, 9.17) is 5.90 Å². The first kappa shape index (κ1) is 9.60. The Labute approximate surface area is 75.1 Å². The maximum Gasteiger partial charge on any atom is 0.191 e. The van der Waals surface area contributed by atoms with Crippen molar-refractivity contribution in [3.05, 3.63) is 17.9 Å². The fourth-order valence-corrected chi connectivity index (χ4v) is 0.964. The smallest absolute Gasteiger partial charge is 0.191 e. The van der Waals surface area contributed by atoms with Gasteiger partial charge in [0.25, 0.3) is 0 Å². The number of benzene rings is 1. The van der Waals surface area contributed by atoms with E-state index >= 15 is 0 Å². The number of phenolic OH excluding ortho intramolecular Hbond substituents is 1. The molecule has 0 aromatic heterocycles. The van der Waals surface area contributed by atoms with E-state index in [-0.39, 0.29) is 17.2 Å². The van der Waals surface area contributed by atoms with Crippen molar-refractivity contribution in [1.82, 2.24) is 0 Å². The molecule has 0 amide bonds. The third kappa shape index (κ3) is 2.00. The number of hydrogen-bond donors (Lipinski definition) is 3. The second-order valence-electron chi connectivity index (χ2n) is 2.45. The van der Waals surface area contributed by atoms with Gasteiger partial charge in [0.1, 0.15) is 5.82 Å². The first-order valence-corrected chi connectivity index (χ1v) is 3.82. The predicted molar refractivity (Wildman–Crippen MR) is 47.0 cm³/mol. The standard InChI is InChI=1S/C8H11FN2O2/c1-2-11-6-4-7(12)8(13-10)3-5(6)9/h3-4,11-12H,2,10H2,1H3. The Balaban J connectivity index is 3.05. The van der Waals surface area contributed by atoms with Crippen molar-refractivity contribution in [2.75, 3.05) is 11.9 Å². The molecule has 0 fully saturated rings. The molecule has 13 heavy (non-hydrogen) atoms. The summed E-state index contributed by atoms with van der Waals surface area (Å²) >= 11 is 0. The molecule has 4 nitrogen and oxygen atoms in total. The largest absolute Gasteiger partial charge is 0.504 e. The molecule has 4 N–H and O–H groups in total. The van der Waals surface area contributed by atoms with Crippen molar-refractivity contribution >= 4 is 5.69 Å². The van der Waals surface area contributed by atoms with Crippen LogP contribution >= 0.6 is 0 Å². The maximum absolute atomic E-state index is 13.1. The molecule has 0 saturated carbocycles. The maximum atomic E-state index is 13.1. The summed E-state index contributed by atoms with van der Waals surface area (Å²) in [5.41, 5.74) is 0.223. The van der Waals surface area contributed by atoms with Crippen LogP contribution in [0.4, 0.5) is 10.1 Å². The second-order valence-corrected chi connectivity index (χ2v) is 2.45. The molecule has 0 aliphatic rings. The van der Waals surface area contributed by atoms with Gasteiger partial charge in [0, 0.05) is 18.7 Å². The molecule has 0 spiro atoms. The van der Waals surface area contributed by atoms with Crippen molar-refractivity contribution in [2.24, 2.45) is 5.90 Å². The number of phenols is 1. The van der Waals surface area contributed by atoms with Crippen LogP contribution in [-0.2, 0) is 0 Å². The Hall–Kier alpha value is -1.49. The van der Waals surface area contributed by atoms with Crippen LogP contribution in [0.25, 0.3) is 0 Å². The van der Waals surface area contributed by atoms with Gasteiger partial charge in [-0.1, -0.05) is 0 Å². The van der Waals surface area contributed by atoms with Crippen LogP contribution in [0.3, 0.4) is 0 Å². The Bertz CT molecular complexity index is 304. The summed E-state index contributed by atoms with van der Waals surface area (Å²) in [6.07, 6.45) is 0. The van der Waals surface area contributed by atoms with E-state index in [0.717, 1.165) is 6.07 Å². The number of nitrogens with two attached hydrogens (primary N) is 1. The Kier molecular flexibility index (Phi) is 2.92. The van der Waals surface area contributed by atoms with E-state index in [1.165, 1.54) is 6.07 Å². The van der Waals surface area contributed by atoms with Crippen LogP contribution < -0.4 is 16.1 Å². The highest BCUT2D eigenvalue weighted by Crippen LogP contribution is 2.30. The lowest BCUT2D eigenvalue weighted by Crippen LogP contribution is -2.04. The van der Waals surface area contributed by atoms with E-state index in [1.54, 1.807) is 0 Å². The number of rotatable bonds is 3. The van der Waals surface area contributed by atoms with Gasteiger partial charge in [-0.3, -0.25) is 0 Å². The molecule has 0 atom stereocenters. The van der Waals surface area contributed by atoms with E-state index < -0.39 is 5.82 Å². The van der Waals surface area contributed by atoms with Crippen LogP contribution in [-0.4, -0.2) is 11.7 Å². The van der Waals surface area contributed by atoms with Crippen LogP contribution in [0, 0.1) is 5.82 Å². The number of halogens is 1. The average Bonchev–Trinajstić information content (AvgIpc) is 2.11. The molecule has 0 radical (unpaired) electrons. The summed E-state index contributed by atoms with van der Waals surface area (Å²) in [7, 11) is 0. The van der Waals surface area contributed by atoms with Gasteiger partial charge in [-0.2, -0.15) is 5.90 Å². The molecule has 1 aromatic carbocycles. The van der Waals surface area contributed by atoms with Gasteiger partial charge in [-0.05, 0) is 6.92 Å². The SMILES string of the molecule is CCNc1cc(O)c(ON)cc1F. The second kappa shape index (κ2) is 3.95. The lowest BCUT2D eigenvalue weighted by atomic mass is 10.2. The Morgan fingerprint density at radius 3 is 2.85 bits per heavy atom. The van der Waals surface area contributed by atoms with Crippen LogP contribution in [0.15, 0.2) is 12.1 Å². The van der Waals surface area contributed by atoms with Crippen molar-refractivity contribution < 1.29 is 14.3 Å². The molecule has 0 aliphatic carbocycles. The quantitative estimate of drug-likeness (QED) is 0.621. The van der Waals surface area contributed by atoms with E-state index in [2.05, 4.69) is 10.2 Å². The summed E-state index contributed by atoms with van der Waals surface area (Å²) in [5, 5.41) is 12.0. The third-order valence-corrected chi connectivity index (χ3v) is 1.54. The highest BCUT2D eigenvalue weighted by molar-refractivity contribution is 5.55. The minimum atomic E-state index is -0.514. The lowest BCUT2D eigenvalue weighted by Gasteiger charge is -2.07. The molecule has 1 aromatic rings. The molecule has 0 unspecified atom stereocenters. The van der Waals surface area contributed by atoms with Gasteiger partial charge in [0.15, 0.2) is 11.5 Å². The van der Waals surface area contributed by atoms with Gasteiger partial charge in [0.2, 0.25) is 0 Å². The van der Waals surface area contributed by atoms with Crippen LogP contribution in [0.2, 0.25) is 0 Å². The minimum Gasteiger partial charge on any atom is -0.504 e. The van der Waals surface area contributed by atoms with Gasteiger partial charge in [-0.25, -0.2) is 4.39 Å². The van der Waals surface area contributed by atoms with Crippen LogP contribution in [0.5, 0.6) is 11.5 Å². The lowest BCUT2D eigenvalue weighted by molar-refractivity contribution is 0.311. The van der Waals surface area contributed by atoms with Crippen molar-refractivity contribution in [1.29, 1.82) is 0 Å². The molecule has 1 rings (SSSR count). The van der Waals surface area contributed by atoms with Crippen molar-refractivity contribution in [3.63, 3.8) is 0 Å². The number of aromatic hydroxyl groups is 1.